The van der Waals surface area contributed by atoms with Crippen molar-refractivity contribution in [3.63, 3.8) is 0 Å². The molecule has 0 aliphatic carbocycles. The number of nitrogens with zero attached hydrogens (tertiary/aromatic N) is 2. The first-order valence-electron chi connectivity index (χ1n) is 6.23. The van der Waals surface area contributed by atoms with Crippen LogP contribution < -0.4 is 5.32 Å². The second-order valence-electron chi connectivity index (χ2n) is 4.62. The number of aryl methyl sites for hydroxylation is 2. The van der Waals surface area contributed by atoms with Crippen molar-refractivity contribution in [2.75, 3.05) is 5.32 Å². The lowest BCUT2D eigenvalue weighted by Gasteiger charge is -1.99. The summed E-state index contributed by atoms with van der Waals surface area (Å²) >= 11 is 1.48. The lowest BCUT2D eigenvalue weighted by molar-refractivity contribution is 0.102. The summed E-state index contributed by atoms with van der Waals surface area (Å²) in [5, 5.41) is 3.40. The summed E-state index contributed by atoms with van der Waals surface area (Å²) in [6.45, 7) is 4.09. The van der Waals surface area contributed by atoms with Gasteiger partial charge in [-0.25, -0.2) is 4.98 Å². The number of nitrogens with one attached hydrogen (secondary N) is 1. The van der Waals surface area contributed by atoms with Crippen LogP contribution in [0.5, 0.6) is 0 Å². The summed E-state index contributed by atoms with van der Waals surface area (Å²) < 4.78 is 1.10. The van der Waals surface area contributed by atoms with Gasteiger partial charge in [-0.15, -0.1) is 0 Å². The Morgan fingerprint density at radius 2 is 2.10 bits per heavy atom. The number of hydrogen-bond donors (Lipinski definition) is 1. The number of benzene rings is 1. The molecule has 100 valence electrons. The average Bonchev–Trinajstić information content (AvgIpc) is 2.82. The van der Waals surface area contributed by atoms with Crippen LogP contribution >= 0.6 is 11.3 Å². The molecule has 2 heterocycles. The zero-order chi connectivity index (χ0) is 14.1. The van der Waals surface area contributed by atoms with E-state index in [9.17, 15) is 4.79 Å². The van der Waals surface area contributed by atoms with Gasteiger partial charge in [-0.1, -0.05) is 23.5 Å². The Labute approximate surface area is 120 Å². The van der Waals surface area contributed by atoms with E-state index in [2.05, 4.69) is 28.3 Å². The molecule has 0 fully saturated rings. The maximum Gasteiger partial charge on any atom is 0.276 e. The van der Waals surface area contributed by atoms with Gasteiger partial charge in [0, 0.05) is 6.20 Å². The number of carbonyl (C=O) groups excluding carboxylic acids is 1. The number of fused-ring (bicyclic) bond motifs is 1. The predicted octanol–water partition coefficient (Wildman–Crippen LogP) is 3.56. The van der Waals surface area contributed by atoms with Crippen LogP contribution in [0.4, 0.5) is 5.13 Å². The molecule has 0 aliphatic rings. The molecule has 20 heavy (non-hydrogen) atoms. The van der Waals surface area contributed by atoms with Crippen LogP contribution in [0.1, 0.15) is 21.6 Å². The normalized spacial score (nSPS) is 10.7. The van der Waals surface area contributed by atoms with Gasteiger partial charge < -0.3 is 0 Å². The summed E-state index contributed by atoms with van der Waals surface area (Å²) in [6.07, 6.45) is 1.60. The number of carbonyl (C=O) groups is 1. The van der Waals surface area contributed by atoms with Crippen molar-refractivity contribution in [2.24, 2.45) is 0 Å². The first-order valence-corrected chi connectivity index (χ1v) is 7.05. The third-order valence-corrected chi connectivity index (χ3v) is 4.06. The number of thiazole rings is 1. The highest BCUT2D eigenvalue weighted by atomic mass is 32.1. The van der Waals surface area contributed by atoms with Gasteiger partial charge in [-0.2, -0.15) is 0 Å². The van der Waals surface area contributed by atoms with Crippen LogP contribution in [0, 0.1) is 13.8 Å². The largest absolute Gasteiger partial charge is 0.296 e. The minimum Gasteiger partial charge on any atom is -0.296 e. The first kappa shape index (κ1) is 12.7. The smallest absolute Gasteiger partial charge is 0.276 e. The van der Waals surface area contributed by atoms with E-state index >= 15 is 0 Å². The first-order chi connectivity index (χ1) is 9.63. The van der Waals surface area contributed by atoms with Gasteiger partial charge in [0.05, 0.1) is 10.2 Å². The number of pyridine rings is 1. The van der Waals surface area contributed by atoms with Crippen molar-refractivity contribution in [2.45, 2.75) is 13.8 Å². The topological polar surface area (TPSA) is 54.9 Å². The van der Waals surface area contributed by atoms with Crippen LogP contribution in [-0.4, -0.2) is 15.9 Å². The molecule has 3 rings (SSSR count). The van der Waals surface area contributed by atoms with Gasteiger partial charge in [-0.05, 0) is 43.2 Å². The Morgan fingerprint density at radius 3 is 2.85 bits per heavy atom. The molecule has 0 unspecified atom stereocenters. The van der Waals surface area contributed by atoms with Crippen molar-refractivity contribution >= 4 is 32.6 Å². The van der Waals surface area contributed by atoms with E-state index in [0.717, 1.165) is 10.2 Å². The Kier molecular flexibility index (Phi) is 3.20. The highest BCUT2D eigenvalue weighted by Gasteiger charge is 2.11. The Bertz CT molecular complexity index is 780. The molecule has 0 aliphatic heterocycles. The highest BCUT2D eigenvalue weighted by molar-refractivity contribution is 7.22. The maximum absolute atomic E-state index is 12.0. The van der Waals surface area contributed by atoms with Gasteiger partial charge >= 0.3 is 0 Å². The average molecular weight is 283 g/mol. The summed E-state index contributed by atoms with van der Waals surface area (Å²) in [7, 11) is 0. The fraction of sp³-hybridized carbons (Fsp3) is 0.133. The molecule has 0 saturated heterocycles. The van der Waals surface area contributed by atoms with Crippen LogP contribution in [-0.2, 0) is 0 Å². The minimum absolute atomic E-state index is 0.237. The molecule has 1 amide bonds. The lowest BCUT2D eigenvalue weighted by Crippen LogP contribution is -2.12. The predicted molar refractivity (Wildman–Crippen MR) is 81.3 cm³/mol. The van der Waals surface area contributed by atoms with Crippen molar-refractivity contribution in [3.8, 4) is 0 Å². The molecule has 3 aromatic rings. The molecule has 1 aromatic carbocycles. The number of aromatic nitrogens is 2. The Hall–Kier alpha value is -2.27. The van der Waals surface area contributed by atoms with E-state index in [1.54, 1.807) is 24.4 Å². The molecule has 2 aromatic heterocycles. The molecule has 0 bridgehead atoms. The number of rotatable bonds is 2. The van der Waals surface area contributed by atoms with Gasteiger partial charge in [0.1, 0.15) is 5.69 Å². The third-order valence-electron chi connectivity index (χ3n) is 2.94. The third kappa shape index (κ3) is 2.40. The molecule has 0 saturated carbocycles. The maximum atomic E-state index is 12.0. The SMILES string of the molecule is Cc1cc(C)c2sc(NC(=O)c3ccccn3)nc2c1. The fourth-order valence-corrected chi connectivity index (χ4v) is 3.00. The van der Waals surface area contributed by atoms with Crippen LogP contribution in [0.3, 0.4) is 0 Å². The van der Waals surface area contributed by atoms with Crippen molar-refractivity contribution < 1.29 is 4.79 Å². The summed E-state index contributed by atoms with van der Waals surface area (Å²) in [6, 6.07) is 9.38. The second-order valence-corrected chi connectivity index (χ2v) is 5.62. The standard InChI is InChI=1S/C15H13N3OS/c1-9-7-10(2)13-12(8-9)17-15(20-13)18-14(19)11-5-3-4-6-16-11/h3-8H,1-2H3,(H,17,18,19). The number of hydrogen-bond acceptors (Lipinski definition) is 4. The second kappa shape index (κ2) is 5.02. The summed E-state index contributed by atoms with van der Waals surface area (Å²) in [5.41, 5.74) is 3.65. The van der Waals surface area contributed by atoms with Gasteiger partial charge in [-0.3, -0.25) is 15.1 Å². The minimum atomic E-state index is -0.237. The Balaban J connectivity index is 1.92. The lowest BCUT2D eigenvalue weighted by atomic mass is 10.1. The fourth-order valence-electron chi connectivity index (χ4n) is 2.09. The van der Waals surface area contributed by atoms with Gasteiger partial charge in [0.2, 0.25) is 0 Å². The highest BCUT2D eigenvalue weighted by Crippen LogP contribution is 2.29. The summed E-state index contributed by atoms with van der Waals surface area (Å²) in [4.78, 5) is 20.5. The molecular weight excluding hydrogens is 270 g/mol. The van der Waals surface area contributed by atoms with E-state index in [4.69, 9.17) is 0 Å². The molecule has 0 spiro atoms. The van der Waals surface area contributed by atoms with Crippen molar-refractivity contribution in [3.05, 3.63) is 53.3 Å². The monoisotopic (exact) mass is 283 g/mol. The molecular formula is C15H13N3OS. The molecule has 0 radical (unpaired) electrons. The summed E-state index contributed by atoms with van der Waals surface area (Å²) in [5.74, 6) is -0.237. The molecule has 0 atom stereocenters. The van der Waals surface area contributed by atoms with E-state index in [0.29, 0.717) is 10.8 Å². The van der Waals surface area contributed by atoms with Crippen LogP contribution in [0.15, 0.2) is 36.5 Å². The van der Waals surface area contributed by atoms with Gasteiger partial charge in [0.25, 0.3) is 5.91 Å². The number of anilines is 1. The number of amides is 1. The van der Waals surface area contributed by atoms with Crippen molar-refractivity contribution in [1.82, 2.24) is 9.97 Å². The van der Waals surface area contributed by atoms with E-state index in [1.165, 1.54) is 22.5 Å². The van der Waals surface area contributed by atoms with E-state index in [1.807, 2.05) is 13.0 Å². The Morgan fingerprint density at radius 1 is 1.25 bits per heavy atom. The van der Waals surface area contributed by atoms with E-state index in [-0.39, 0.29) is 5.91 Å². The van der Waals surface area contributed by atoms with E-state index < -0.39 is 0 Å². The zero-order valence-electron chi connectivity index (χ0n) is 11.2. The molecule has 4 nitrogen and oxygen atoms in total. The van der Waals surface area contributed by atoms with Gasteiger partial charge in [0.15, 0.2) is 5.13 Å². The molecule has 1 N–H and O–H groups in total. The quantitative estimate of drug-likeness (QED) is 0.782. The van der Waals surface area contributed by atoms with Crippen molar-refractivity contribution in [1.29, 1.82) is 0 Å². The zero-order valence-corrected chi connectivity index (χ0v) is 12.0. The molecule has 5 heteroatoms. The van der Waals surface area contributed by atoms with Crippen LogP contribution in [0.2, 0.25) is 0 Å². The van der Waals surface area contributed by atoms with Crippen LogP contribution in [0.25, 0.3) is 10.2 Å².